The van der Waals surface area contributed by atoms with Gasteiger partial charge in [-0.3, -0.25) is 4.79 Å². The quantitative estimate of drug-likeness (QED) is 0.702. The van der Waals surface area contributed by atoms with E-state index in [0.29, 0.717) is 0 Å². The molecular weight excluding hydrogens is 314 g/mol. The molecule has 1 rings (SSSR count). The van der Waals surface area contributed by atoms with Crippen LogP contribution in [0.25, 0.3) is 0 Å². The number of carbonyl (C=O) groups is 1. The van der Waals surface area contributed by atoms with Gasteiger partial charge >= 0.3 is 8.80 Å². The molecule has 0 saturated carbocycles. The second-order valence-corrected chi connectivity index (χ2v) is 8.85. The van der Waals surface area contributed by atoms with Crippen molar-refractivity contribution in [2.75, 3.05) is 27.9 Å². The minimum atomic E-state index is -4.09. The highest BCUT2D eigenvalue weighted by atomic mass is 32.2. The smallest absolute Gasteiger partial charge is 0.377 e. The van der Waals surface area contributed by atoms with E-state index in [1.807, 2.05) is 0 Å². The summed E-state index contributed by atoms with van der Waals surface area (Å²) in [5, 5.41) is -0.970. The molecule has 0 aromatic heterocycles. The van der Waals surface area contributed by atoms with Crippen LogP contribution in [-0.4, -0.2) is 50.2 Å². The van der Waals surface area contributed by atoms with E-state index in [9.17, 15) is 13.2 Å². The van der Waals surface area contributed by atoms with Gasteiger partial charge in [0.25, 0.3) is 15.1 Å². The molecule has 1 aromatic carbocycles. The second-order valence-electron chi connectivity index (χ2n) is 4.10. The van der Waals surface area contributed by atoms with Crippen LogP contribution >= 0.6 is 0 Å². The summed E-state index contributed by atoms with van der Waals surface area (Å²) in [5.74, 6) is 0. The van der Waals surface area contributed by atoms with Crippen LogP contribution in [0.2, 0.25) is 6.04 Å². The first-order valence-electron chi connectivity index (χ1n) is 6.15. The van der Waals surface area contributed by atoms with E-state index in [0.717, 1.165) is 0 Å². The van der Waals surface area contributed by atoms with Crippen LogP contribution in [0.1, 0.15) is 10.4 Å². The summed E-state index contributed by atoms with van der Waals surface area (Å²) in [6, 6.07) is 8.01. The van der Waals surface area contributed by atoms with Crippen LogP contribution < -0.4 is 4.72 Å². The van der Waals surface area contributed by atoms with Gasteiger partial charge in [-0.1, -0.05) is 30.3 Å². The van der Waals surface area contributed by atoms with E-state index in [2.05, 4.69) is 4.72 Å². The predicted molar refractivity (Wildman–Crippen MR) is 79.3 cm³/mol. The number of rotatable bonds is 8. The molecule has 0 spiro atoms. The fraction of sp³-hybridized carbons (Fsp3) is 0.417. The third kappa shape index (κ3) is 4.70. The molecule has 0 bridgehead atoms. The van der Waals surface area contributed by atoms with E-state index in [1.54, 1.807) is 18.2 Å². The average Bonchev–Trinajstić information content (AvgIpc) is 2.52. The zero-order chi connectivity index (χ0) is 15.9. The Kier molecular flexibility index (Phi) is 6.65. The van der Waals surface area contributed by atoms with Crippen LogP contribution in [0.5, 0.6) is 0 Å². The van der Waals surface area contributed by atoms with Crippen molar-refractivity contribution in [3.63, 3.8) is 0 Å². The molecule has 0 atom stereocenters. The highest BCUT2D eigenvalue weighted by Crippen LogP contribution is 2.12. The molecule has 0 aliphatic heterocycles. The molecule has 0 fully saturated rings. The molecule has 118 valence electrons. The first kappa shape index (κ1) is 17.9. The number of hydrogen-bond acceptors (Lipinski definition) is 6. The van der Waals surface area contributed by atoms with Gasteiger partial charge in [0.1, 0.15) is 0 Å². The van der Waals surface area contributed by atoms with Gasteiger partial charge in [-0.25, -0.2) is 13.1 Å². The number of carbonyl (C=O) groups excluding carboxylic acids is 1. The Morgan fingerprint density at radius 3 is 2.10 bits per heavy atom. The number of benzene rings is 1. The Bertz CT molecular complexity index is 550. The highest BCUT2D eigenvalue weighted by Gasteiger charge is 2.38. The SMILES string of the molecule is CO[Si](CCNS(=O)(=O)C(=O)c1ccccc1)(OC)OC. The van der Waals surface area contributed by atoms with Crippen LogP contribution in [0.3, 0.4) is 0 Å². The van der Waals surface area contributed by atoms with E-state index in [1.165, 1.54) is 33.5 Å². The van der Waals surface area contributed by atoms with Crippen molar-refractivity contribution in [3.05, 3.63) is 35.9 Å². The summed E-state index contributed by atoms with van der Waals surface area (Å²) in [6.45, 7) is -0.0113. The summed E-state index contributed by atoms with van der Waals surface area (Å²) >= 11 is 0. The summed E-state index contributed by atoms with van der Waals surface area (Å²) in [7, 11) is -2.66. The molecule has 7 nitrogen and oxygen atoms in total. The fourth-order valence-corrected chi connectivity index (χ4v) is 4.36. The lowest BCUT2D eigenvalue weighted by Crippen LogP contribution is -2.46. The predicted octanol–water partition coefficient (Wildman–Crippen LogP) is 0.624. The zero-order valence-corrected chi connectivity index (χ0v) is 14.0. The largest absolute Gasteiger partial charge is 0.501 e. The van der Waals surface area contributed by atoms with Crippen molar-refractivity contribution < 1.29 is 26.5 Å². The maximum atomic E-state index is 11.9. The van der Waals surface area contributed by atoms with E-state index < -0.39 is 23.9 Å². The molecule has 0 heterocycles. The number of hydrogen-bond donors (Lipinski definition) is 1. The summed E-state index contributed by atoms with van der Waals surface area (Å²) in [4.78, 5) is 11.9. The van der Waals surface area contributed by atoms with Crippen molar-refractivity contribution in [2.24, 2.45) is 0 Å². The van der Waals surface area contributed by atoms with Crippen LogP contribution in [0.15, 0.2) is 30.3 Å². The number of nitrogens with one attached hydrogen (secondary N) is 1. The van der Waals surface area contributed by atoms with Gasteiger partial charge in [0, 0.05) is 39.5 Å². The first-order valence-corrected chi connectivity index (χ1v) is 9.57. The molecule has 0 saturated heterocycles. The van der Waals surface area contributed by atoms with E-state index in [-0.39, 0.29) is 18.2 Å². The minimum Gasteiger partial charge on any atom is -0.377 e. The standard InChI is InChI=1S/C12H19NO6SSi/c1-17-21(18-2,19-3)10-9-13-20(15,16)12(14)11-7-5-4-6-8-11/h4-8,13H,9-10H2,1-3H3. The molecule has 1 aromatic rings. The van der Waals surface area contributed by atoms with Crippen molar-refractivity contribution in [3.8, 4) is 0 Å². The minimum absolute atomic E-state index is 0.0113. The lowest BCUT2D eigenvalue weighted by atomic mass is 10.2. The van der Waals surface area contributed by atoms with Crippen LogP contribution in [0, 0.1) is 0 Å². The van der Waals surface area contributed by atoms with Crippen LogP contribution in [0.4, 0.5) is 0 Å². The summed E-state index contributed by atoms with van der Waals surface area (Å²) in [6.07, 6.45) is 0. The van der Waals surface area contributed by atoms with E-state index in [4.69, 9.17) is 13.3 Å². The third-order valence-electron chi connectivity index (χ3n) is 2.91. The van der Waals surface area contributed by atoms with Gasteiger partial charge in [0.2, 0.25) is 0 Å². The van der Waals surface area contributed by atoms with Crippen molar-refractivity contribution in [1.29, 1.82) is 0 Å². The van der Waals surface area contributed by atoms with Gasteiger partial charge in [-0.15, -0.1) is 0 Å². The van der Waals surface area contributed by atoms with Gasteiger partial charge in [0.05, 0.1) is 0 Å². The molecule has 0 aliphatic carbocycles. The molecule has 0 radical (unpaired) electrons. The van der Waals surface area contributed by atoms with E-state index >= 15 is 0 Å². The number of sulfonamides is 1. The Morgan fingerprint density at radius 1 is 1.10 bits per heavy atom. The normalized spacial score (nSPS) is 12.3. The molecule has 0 unspecified atom stereocenters. The van der Waals surface area contributed by atoms with Crippen molar-refractivity contribution >= 4 is 23.9 Å². The average molecular weight is 333 g/mol. The zero-order valence-electron chi connectivity index (χ0n) is 12.2. The highest BCUT2D eigenvalue weighted by molar-refractivity contribution is 8.04. The van der Waals surface area contributed by atoms with Gasteiger partial charge in [-0.2, -0.15) is 0 Å². The molecule has 0 aliphatic rings. The van der Waals surface area contributed by atoms with Crippen molar-refractivity contribution in [1.82, 2.24) is 4.72 Å². The maximum absolute atomic E-state index is 11.9. The molecule has 21 heavy (non-hydrogen) atoms. The van der Waals surface area contributed by atoms with Crippen LogP contribution in [-0.2, 0) is 23.3 Å². The lowest BCUT2D eigenvalue weighted by Gasteiger charge is -2.24. The lowest BCUT2D eigenvalue weighted by molar-refractivity contribution is 0.107. The Hall–Kier alpha value is -1.10. The Labute approximate surface area is 125 Å². The maximum Gasteiger partial charge on any atom is 0.501 e. The van der Waals surface area contributed by atoms with Gasteiger partial charge < -0.3 is 13.3 Å². The molecule has 0 amide bonds. The Balaban J connectivity index is 2.68. The Morgan fingerprint density at radius 2 is 1.62 bits per heavy atom. The monoisotopic (exact) mass is 333 g/mol. The van der Waals surface area contributed by atoms with Gasteiger partial charge in [-0.05, 0) is 0 Å². The topological polar surface area (TPSA) is 90.9 Å². The first-order chi connectivity index (χ1) is 9.90. The third-order valence-corrected chi connectivity index (χ3v) is 6.95. The summed E-state index contributed by atoms with van der Waals surface area (Å²) < 4.78 is 41.6. The summed E-state index contributed by atoms with van der Waals surface area (Å²) in [5.41, 5.74) is 0.110. The fourth-order valence-electron chi connectivity index (χ4n) is 1.69. The molecule has 9 heteroatoms. The van der Waals surface area contributed by atoms with Gasteiger partial charge in [0.15, 0.2) is 0 Å². The molecule has 1 N–H and O–H groups in total. The molecular formula is C12H19NO6SSi. The van der Waals surface area contributed by atoms with Crippen molar-refractivity contribution in [2.45, 2.75) is 6.04 Å². The second kappa shape index (κ2) is 7.78.